The van der Waals surface area contributed by atoms with E-state index in [-0.39, 0.29) is 18.0 Å². The lowest BCUT2D eigenvalue weighted by Gasteiger charge is -2.10. The van der Waals surface area contributed by atoms with Crippen molar-refractivity contribution in [2.75, 3.05) is 0 Å². The number of hydrogen-bond acceptors (Lipinski definition) is 5. The molecule has 2 N–H and O–H groups in total. The number of aliphatic hydroxyl groups is 1. The van der Waals surface area contributed by atoms with Crippen LogP contribution in [0.2, 0.25) is 0 Å². The largest absolute Gasteiger partial charge is 0.392 e. The third-order valence-electron chi connectivity index (χ3n) is 3.26. The summed E-state index contributed by atoms with van der Waals surface area (Å²) in [5.41, 5.74) is 1.56. The number of aryl methyl sites for hydroxylation is 2. The lowest BCUT2D eigenvalue weighted by atomic mass is 10.1. The molecule has 0 bridgehead atoms. The molecule has 0 radical (unpaired) electrons. The minimum Gasteiger partial charge on any atom is -0.392 e. The van der Waals surface area contributed by atoms with Crippen molar-refractivity contribution in [3.05, 3.63) is 41.5 Å². The fourth-order valence-electron chi connectivity index (χ4n) is 1.97. The Morgan fingerprint density at radius 3 is 2.67 bits per heavy atom. The van der Waals surface area contributed by atoms with Crippen molar-refractivity contribution in [1.29, 1.82) is 0 Å². The number of aromatic nitrogens is 3. The fraction of sp³-hybridized carbons (Fsp3) is 0.385. The molecule has 0 unspecified atom stereocenters. The molecule has 0 spiro atoms. The van der Waals surface area contributed by atoms with Crippen molar-refractivity contribution in [1.82, 2.24) is 19.5 Å². The van der Waals surface area contributed by atoms with Crippen molar-refractivity contribution in [3.63, 3.8) is 0 Å². The highest BCUT2D eigenvalue weighted by molar-refractivity contribution is 7.89. The van der Waals surface area contributed by atoms with Crippen LogP contribution in [0.5, 0.6) is 0 Å². The summed E-state index contributed by atoms with van der Waals surface area (Å²) in [6.45, 7) is 1.83. The Labute approximate surface area is 123 Å². The van der Waals surface area contributed by atoms with Crippen LogP contribution in [-0.4, -0.2) is 28.3 Å². The van der Waals surface area contributed by atoms with Gasteiger partial charge in [0.25, 0.3) is 0 Å². The van der Waals surface area contributed by atoms with E-state index in [0.717, 1.165) is 12.0 Å². The maximum Gasteiger partial charge on any atom is 0.240 e. The minimum absolute atomic E-state index is 0.0584. The number of nitrogens with zero attached hydrogens (tertiary/aromatic N) is 3. The van der Waals surface area contributed by atoms with Crippen LogP contribution >= 0.6 is 0 Å². The van der Waals surface area contributed by atoms with Crippen LogP contribution in [0.15, 0.2) is 29.4 Å². The Morgan fingerprint density at radius 2 is 2.10 bits per heavy atom. The molecule has 0 fully saturated rings. The van der Waals surface area contributed by atoms with Crippen molar-refractivity contribution >= 4 is 10.0 Å². The van der Waals surface area contributed by atoms with Gasteiger partial charge in [-0.15, -0.1) is 10.2 Å². The molecule has 1 aromatic carbocycles. The van der Waals surface area contributed by atoms with E-state index in [9.17, 15) is 13.5 Å². The number of rotatable bonds is 6. The molecule has 7 nitrogen and oxygen atoms in total. The van der Waals surface area contributed by atoms with Crippen LogP contribution in [0.4, 0.5) is 0 Å². The van der Waals surface area contributed by atoms with E-state index in [1.165, 1.54) is 18.5 Å². The molecular formula is C13H18N4O3S. The van der Waals surface area contributed by atoms with Gasteiger partial charge in [-0.1, -0.05) is 13.0 Å². The Morgan fingerprint density at radius 1 is 1.33 bits per heavy atom. The summed E-state index contributed by atoms with van der Waals surface area (Å²) in [4.78, 5) is 0.130. The molecule has 0 aliphatic heterocycles. The predicted molar refractivity (Wildman–Crippen MR) is 76.8 cm³/mol. The first-order chi connectivity index (χ1) is 9.97. The second-order valence-electron chi connectivity index (χ2n) is 4.62. The van der Waals surface area contributed by atoms with Crippen molar-refractivity contribution in [2.24, 2.45) is 7.05 Å². The predicted octanol–water partition coefficient (Wildman–Crippen LogP) is 0.348. The van der Waals surface area contributed by atoms with E-state index in [4.69, 9.17) is 0 Å². The SMILES string of the molecule is CCc1ccc(S(=O)(=O)NCc2nncn2C)cc1CO. The van der Waals surface area contributed by atoms with E-state index in [0.29, 0.717) is 11.4 Å². The van der Waals surface area contributed by atoms with Gasteiger partial charge in [-0.05, 0) is 29.7 Å². The zero-order valence-corrected chi connectivity index (χ0v) is 12.8. The zero-order chi connectivity index (χ0) is 15.5. The van der Waals surface area contributed by atoms with E-state index in [1.807, 2.05) is 6.92 Å². The van der Waals surface area contributed by atoms with Gasteiger partial charge in [-0.25, -0.2) is 13.1 Å². The molecule has 0 amide bonds. The Kier molecular flexibility index (Phi) is 4.71. The van der Waals surface area contributed by atoms with Crippen LogP contribution < -0.4 is 4.72 Å². The average Bonchev–Trinajstić information content (AvgIpc) is 2.89. The summed E-state index contributed by atoms with van der Waals surface area (Å²) in [5.74, 6) is 0.520. The molecule has 2 rings (SSSR count). The smallest absolute Gasteiger partial charge is 0.240 e. The van der Waals surface area contributed by atoms with Gasteiger partial charge in [0.1, 0.15) is 12.2 Å². The summed E-state index contributed by atoms with van der Waals surface area (Å²) < 4.78 is 28.6. The third kappa shape index (κ3) is 3.46. The van der Waals surface area contributed by atoms with Crippen LogP contribution in [-0.2, 0) is 36.6 Å². The lowest BCUT2D eigenvalue weighted by Crippen LogP contribution is -2.25. The number of benzene rings is 1. The molecule has 2 aromatic rings. The van der Waals surface area contributed by atoms with Crippen LogP contribution in [0.3, 0.4) is 0 Å². The van der Waals surface area contributed by atoms with Gasteiger partial charge in [0, 0.05) is 7.05 Å². The molecule has 1 aromatic heterocycles. The first-order valence-corrected chi connectivity index (χ1v) is 8.01. The minimum atomic E-state index is -3.65. The normalized spacial score (nSPS) is 11.8. The number of aliphatic hydroxyl groups excluding tert-OH is 1. The van der Waals surface area contributed by atoms with Crippen molar-refractivity contribution in [3.8, 4) is 0 Å². The van der Waals surface area contributed by atoms with Crippen LogP contribution in [0.25, 0.3) is 0 Å². The van der Waals surface area contributed by atoms with E-state index < -0.39 is 10.0 Å². The summed E-state index contributed by atoms with van der Waals surface area (Å²) in [7, 11) is -1.91. The Bertz CT molecular complexity index is 725. The van der Waals surface area contributed by atoms with E-state index in [1.54, 1.807) is 17.7 Å². The Hall–Kier alpha value is -1.77. The average molecular weight is 310 g/mol. The summed E-state index contributed by atoms with van der Waals surface area (Å²) in [5, 5.41) is 16.8. The van der Waals surface area contributed by atoms with Gasteiger partial charge in [-0.2, -0.15) is 0 Å². The van der Waals surface area contributed by atoms with Crippen LogP contribution in [0, 0.1) is 0 Å². The van der Waals surface area contributed by atoms with Crippen molar-refractivity contribution < 1.29 is 13.5 Å². The highest BCUT2D eigenvalue weighted by atomic mass is 32.2. The summed E-state index contributed by atoms with van der Waals surface area (Å²) >= 11 is 0. The second kappa shape index (κ2) is 6.33. The van der Waals surface area contributed by atoms with Gasteiger partial charge >= 0.3 is 0 Å². The quantitative estimate of drug-likeness (QED) is 0.802. The molecule has 1 heterocycles. The lowest BCUT2D eigenvalue weighted by molar-refractivity contribution is 0.280. The van der Waals surface area contributed by atoms with Crippen LogP contribution in [0.1, 0.15) is 23.9 Å². The third-order valence-corrected chi connectivity index (χ3v) is 4.66. The number of nitrogens with one attached hydrogen (secondary N) is 1. The fourth-order valence-corrected chi connectivity index (χ4v) is 3.00. The molecule has 8 heteroatoms. The molecule has 0 aliphatic carbocycles. The monoisotopic (exact) mass is 310 g/mol. The van der Waals surface area contributed by atoms with Gasteiger partial charge < -0.3 is 9.67 Å². The van der Waals surface area contributed by atoms with Gasteiger partial charge in [0.05, 0.1) is 18.0 Å². The first-order valence-electron chi connectivity index (χ1n) is 6.53. The highest BCUT2D eigenvalue weighted by Gasteiger charge is 2.16. The highest BCUT2D eigenvalue weighted by Crippen LogP contribution is 2.17. The van der Waals surface area contributed by atoms with Crippen molar-refractivity contribution in [2.45, 2.75) is 31.4 Å². The molecule has 0 aliphatic rings. The maximum atomic E-state index is 12.3. The second-order valence-corrected chi connectivity index (χ2v) is 6.39. The first kappa shape index (κ1) is 15.6. The molecule has 114 valence electrons. The van der Waals surface area contributed by atoms with Gasteiger partial charge in [0.2, 0.25) is 10.0 Å². The summed E-state index contributed by atoms with van der Waals surface area (Å²) in [6.07, 6.45) is 2.24. The molecule has 0 saturated heterocycles. The molecule has 0 atom stereocenters. The molecule has 21 heavy (non-hydrogen) atoms. The standard InChI is InChI=1S/C13H18N4O3S/c1-3-10-4-5-12(6-11(10)8-18)21(19,20)15-7-13-16-14-9-17(13)2/h4-6,9,15,18H,3,7-8H2,1-2H3. The molecule has 0 saturated carbocycles. The zero-order valence-electron chi connectivity index (χ0n) is 11.9. The summed E-state index contributed by atoms with van der Waals surface area (Å²) in [6, 6.07) is 4.76. The topological polar surface area (TPSA) is 97.1 Å². The van der Waals surface area contributed by atoms with E-state index >= 15 is 0 Å². The van der Waals surface area contributed by atoms with E-state index in [2.05, 4.69) is 14.9 Å². The maximum absolute atomic E-state index is 12.3. The van der Waals surface area contributed by atoms with Gasteiger partial charge in [-0.3, -0.25) is 0 Å². The van der Waals surface area contributed by atoms with Gasteiger partial charge in [0.15, 0.2) is 0 Å². The number of sulfonamides is 1. The Balaban J connectivity index is 2.21. The number of hydrogen-bond donors (Lipinski definition) is 2. The molecular weight excluding hydrogens is 292 g/mol.